The van der Waals surface area contributed by atoms with Gasteiger partial charge >= 0.3 is 0 Å². The molecule has 2 aromatic heterocycles. The maximum absolute atomic E-state index is 5.12. The number of benzene rings is 4. The lowest BCUT2D eigenvalue weighted by atomic mass is 9.93. The minimum atomic E-state index is 0.416. The molecule has 0 saturated heterocycles. The summed E-state index contributed by atoms with van der Waals surface area (Å²) in [6.07, 6.45) is 1.98. The molecule has 4 aromatic carbocycles. The predicted molar refractivity (Wildman–Crippen MR) is 133 cm³/mol. The quantitative estimate of drug-likeness (QED) is 0.300. The Morgan fingerprint density at radius 2 is 1.44 bits per heavy atom. The molecule has 0 radical (unpaired) electrons. The van der Waals surface area contributed by atoms with Gasteiger partial charge in [0.05, 0.1) is 5.52 Å². The van der Waals surface area contributed by atoms with E-state index in [1.54, 1.807) is 0 Å². The molecule has 0 atom stereocenters. The van der Waals surface area contributed by atoms with Gasteiger partial charge in [0.15, 0.2) is 5.82 Å². The second kappa shape index (κ2) is 7.31. The molecule has 6 aromatic rings. The Labute approximate surface area is 187 Å². The van der Waals surface area contributed by atoms with Crippen LogP contribution in [0.1, 0.15) is 25.3 Å². The summed E-state index contributed by atoms with van der Waals surface area (Å²) in [5, 5.41) is 4.75. The standard InChI is InChI=1S/C29H23N3/c1-19(2)25-17-21(16-20-10-6-7-13-23(20)25)28-30-18-26-24-14-8-9-15-27(24)32(29(26)31-28)22-11-4-3-5-12-22/h3-19H,1-2H3. The minimum absolute atomic E-state index is 0.416. The Morgan fingerprint density at radius 3 is 2.25 bits per heavy atom. The van der Waals surface area contributed by atoms with E-state index in [1.807, 2.05) is 12.3 Å². The van der Waals surface area contributed by atoms with E-state index in [-0.39, 0.29) is 0 Å². The van der Waals surface area contributed by atoms with Crippen molar-refractivity contribution in [1.29, 1.82) is 0 Å². The molecule has 0 saturated carbocycles. The topological polar surface area (TPSA) is 30.7 Å². The average molecular weight is 414 g/mol. The van der Waals surface area contributed by atoms with Gasteiger partial charge in [-0.25, -0.2) is 9.97 Å². The molecule has 0 amide bonds. The molecule has 3 nitrogen and oxygen atoms in total. The summed E-state index contributed by atoms with van der Waals surface area (Å²) in [7, 11) is 0. The van der Waals surface area contributed by atoms with Gasteiger partial charge in [0.25, 0.3) is 0 Å². The third kappa shape index (κ3) is 2.89. The molecule has 6 rings (SSSR count). The Morgan fingerprint density at radius 1 is 0.719 bits per heavy atom. The number of nitrogens with zero attached hydrogens (tertiary/aromatic N) is 3. The molecular formula is C29H23N3. The summed E-state index contributed by atoms with van der Waals surface area (Å²) in [4.78, 5) is 9.94. The summed E-state index contributed by atoms with van der Waals surface area (Å²) < 4.78 is 2.24. The fourth-order valence-corrected chi connectivity index (χ4v) is 4.67. The third-order valence-electron chi connectivity index (χ3n) is 6.20. The number of para-hydroxylation sites is 2. The van der Waals surface area contributed by atoms with Crippen molar-refractivity contribution in [3.63, 3.8) is 0 Å². The van der Waals surface area contributed by atoms with Crippen LogP contribution in [0.2, 0.25) is 0 Å². The van der Waals surface area contributed by atoms with Crippen molar-refractivity contribution in [3.05, 3.63) is 103 Å². The Kier molecular flexibility index (Phi) is 4.29. The number of aromatic nitrogens is 3. The average Bonchev–Trinajstić information content (AvgIpc) is 3.17. The molecule has 0 unspecified atom stereocenters. The second-order valence-corrected chi connectivity index (χ2v) is 8.56. The lowest BCUT2D eigenvalue weighted by Crippen LogP contribution is -1.98. The highest BCUT2D eigenvalue weighted by molar-refractivity contribution is 6.07. The van der Waals surface area contributed by atoms with Gasteiger partial charge in [-0.05, 0) is 52.6 Å². The lowest BCUT2D eigenvalue weighted by Gasteiger charge is -2.13. The summed E-state index contributed by atoms with van der Waals surface area (Å²) in [6.45, 7) is 4.48. The molecule has 0 N–H and O–H groups in total. The molecule has 0 spiro atoms. The maximum atomic E-state index is 5.12. The lowest BCUT2D eigenvalue weighted by molar-refractivity contribution is 0.876. The van der Waals surface area contributed by atoms with E-state index in [2.05, 4.69) is 103 Å². The normalized spacial score (nSPS) is 11.7. The fourth-order valence-electron chi connectivity index (χ4n) is 4.67. The largest absolute Gasteiger partial charge is 0.294 e. The van der Waals surface area contributed by atoms with Crippen LogP contribution in [0.25, 0.3) is 49.8 Å². The molecule has 0 aliphatic heterocycles. The zero-order valence-electron chi connectivity index (χ0n) is 18.2. The molecular weight excluding hydrogens is 390 g/mol. The molecule has 32 heavy (non-hydrogen) atoms. The van der Waals surface area contributed by atoms with E-state index in [4.69, 9.17) is 9.97 Å². The van der Waals surface area contributed by atoms with Crippen LogP contribution in [0.15, 0.2) is 97.2 Å². The molecule has 3 heteroatoms. The zero-order chi connectivity index (χ0) is 21.7. The summed E-state index contributed by atoms with van der Waals surface area (Å²) >= 11 is 0. The Hall–Kier alpha value is -3.98. The summed E-state index contributed by atoms with van der Waals surface area (Å²) in [5.74, 6) is 1.17. The Bertz CT molecular complexity index is 1590. The van der Waals surface area contributed by atoms with Crippen molar-refractivity contribution in [2.24, 2.45) is 0 Å². The minimum Gasteiger partial charge on any atom is -0.294 e. The molecule has 0 fully saturated rings. The van der Waals surface area contributed by atoms with Crippen LogP contribution in [0.5, 0.6) is 0 Å². The van der Waals surface area contributed by atoms with Crippen molar-refractivity contribution in [2.45, 2.75) is 19.8 Å². The van der Waals surface area contributed by atoms with Gasteiger partial charge in [0, 0.05) is 28.2 Å². The van der Waals surface area contributed by atoms with E-state index in [0.29, 0.717) is 5.92 Å². The molecule has 2 heterocycles. The smallest absolute Gasteiger partial charge is 0.161 e. The third-order valence-corrected chi connectivity index (χ3v) is 6.20. The highest BCUT2D eigenvalue weighted by Crippen LogP contribution is 2.34. The van der Waals surface area contributed by atoms with Crippen LogP contribution in [-0.4, -0.2) is 14.5 Å². The van der Waals surface area contributed by atoms with E-state index < -0.39 is 0 Å². The van der Waals surface area contributed by atoms with Crippen LogP contribution >= 0.6 is 0 Å². The van der Waals surface area contributed by atoms with Crippen LogP contribution in [0.4, 0.5) is 0 Å². The van der Waals surface area contributed by atoms with Crippen molar-refractivity contribution in [3.8, 4) is 17.1 Å². The Balaban J connectivity index is 1.65. The van der Waals surface area contributed by atoms with Crippen LogP contribution in [0.3, 0.4) is 0 Å². The number of fused-ring (bicyclic) bond motifs is 4. The van der Waals surface area contributed by atoms with Crippen molar-refractivity contribution < 1.29 is 0 Å². The first-order valence-corrected chi connectivity index (χ1v) is 11.1. The fraction of sp³-hybridized carbons (Fsp3) is 0.103. The highest BCUT2D eigenvalue weighted by atomic mass is 15.1. The number of hydrogen-bond acceptors (Lipinski definition) is 2. The summed E-state index contributed by atoms with van der Waals surface area (Å²) in [6, 6.07) is 31.9. The monoisotopic (exact) mass is 413 g/mol. The van der Waals surface area contributed by atoms with E-state index in [1.165, 1.54) is 21.7 Å². The van der Waals surface area contributed by atoms with Crippen molar-refractivity contribution in [1.82, 2.24) is 14.5 Å². The first-order chi connectivity index (χ1) is 15.7. The number of hydrogen-bond donors (Lipinski definition) is 0. The highest BCUT2D eigenvalue weighted by Gasteiger charge is 2.16. The molecule has 154 valence electrons. The van der Waals surface area contributed by atoms with Crippen LogP contribution in [0, 0.1) is 0 Å². The van der Waals surface area contributed by atoms with Gasteiger partial charge < -0.3 is 0 Å². The van der Waals surface area contributed by atoms with Gasteiger partial charge in [0.1, 0.15) is 5.65 Å². The van der Waals surface area contributed by atoms with Gasteiger partial charge in [-0.2, -0.15) is 0 Å². The van der Waals surface area contributed by atoms with Crippen LogP contribution in [-0.2, 0) is 0 Å². The number of rotatable bonds is 3. The predicted octanol–water partition coefficient (Wildman–Crippen LogP) is 7.52. The first kappa shape index (κ1) is 18.8. The van der Waals surface area contributed by atoms with Gasteiger partial charge in [-0.1, -0.05) is 74.5 Å². The zero-order valence-corrected chi connectivity index (χ0v) is 18.2. The molecule has 0 aliphatic rings. The van der Waals surface area contributed by atoms with Crippen molar-refractivity contribution in [2.75, 3.05) is 0 Å². The summed E-state index contributed by atoms with van der Waals surface area (Å²) in [5.41, 5.74) is 5.55. The van der Waals surface area contributed by atoms with Gasteiger partial charge in [-0.15, -0.1) is 0 Å². The molecule has 0 bridgehead atoms. The van der Waals surface area contributed by atoms with E-state index in [9.17, 15) is 0 Å². The SMILES string of the molecule is CC(C)c1cc(-c2ncc3c4ccccc4n(-c4ccccc4)c3n2)cc2ccccc12. The molecule has 0 aliphatic carbocycles. The van der Waals surface area contributed by atoms with Crippen molar-refractivity contribution >= 4 is 32.7 Å². The maximum Gasteiger partial charge on any atom is 0.161 e. The second-order valence-electron chi connectivity index (χ2n) is 8.56. The van der Waals surface area contributed by atoms with E-state index >= 15 is 0 Å². The first-order valence-electron chi connectivity index (χ1n) is 11.1. The van der Waals surface area contributed by atoms with Gasteiger partial charge in [-0.3, -0.25) is 4.57 Å². The van der Waals surface area contributed by atoms with E-state index in [0.717, 1.165) is 33.6 Å². The van der Waals surface area contributed by atoms with Crippen LogP contribution < -0.4 is 0 Å². The van der Waals surface area contributed by atoms with Gasteiger partial charge in [0.2, 0.25) is 0 Å².